The Hall–Kier alpha value is -3.24. The highest BCUT2D eigenvalue weighted by Crippen LogP contribution is 2.23. The highest BCUT2D eigenvalue weighted by Gasteiger charge is 2.26. The predicted molar refractivity (Wildman–Crippen MR) is 138 cm³/mol. The first-order valence-electron chi connectivity index (χ1n) is 12.5. The monoisotopic (exact) mass is 477 g/mol. The molecule has 0 saturated carbocycles. The number of likely N-dealkylation sites (N-methyl/N-ethyl adjacent to an activating group) is 1. The maximum Gasteiger partial charge on any atom is 0.268 e. The zero-order valence-electron chi connectivity index (χ0n) is 20.8. The fraction of sp³-hybridized carbons (Fsp3) is 0.520. The van der Waals surface area contributed by atoms with Crippen LogP contribution in [0.3, 0.4) is 0 Å². The summed E-state index contributed by atoms with van der Waals surface area (Å²) < 4.78 is 0. The number of piperidine rings is 1. The average Bonchev–Trinajstić information content (AvgIpc) is 3.30. The van der Waals surface area contributed by atoms with Crippen molar-refractivity contribution in [1.82, 2.24) is 35.1 Å². The summed E-state index contributed by atoms with van der Waals surface area (Å²) in [4.78, 5) is 36.3. The normalized spacial score (nSPS) is 21.9. The van der Waals surface area contributed by atoms with Crippen LogP contribution in [0.1, 0.15) is 43.6 Å². The third-order valence-corrected chi connectivity index (χ3v) is 7.24. The molecule has 0 radical (unpaired) electrons. The third kappa shape index (κ3) is 5.38. The summed E-state index contributed by atoms with van der Waals surface area (Å²) in [7, 11) is 2.18. The maximum atomic E-state index is 12.6. The quantitative estimate of drug-likeness (QED) is 0.498. The van der Waals surface area contributed by atoms with E-state index in [-0.39, 0.29) is 5.91 Å². The molecule has 3 N–H and O–H groups in total. The van der Waals surface area contributed by atoms with Crippen LogP contribution in [0.4, 0.5) is 17.5 Å². The number of anilines is 3. The highest BCUT2D eigenvalue weighted by molar-refractivity contribution is 5.97. The Morgan fingerprint density at radius 1 is 1.09 bits per heavy atom. The van der Waals surface area contributed by atoms with Gasteiger partial charge >= 0.3 is 0 Å². The molecule has 2 atom stereocenters. The molecule has 0 aliphatic carbocycles. The average molecular weight is 478 g/mol. The number of hydrogen-bond acceptors (Lipinski definition) is 8. The summed E-state index contributed by atoms with van der Waals surface area (Å²) in [6.45, 7) is 9.12. The van der Waals surface area contributed by atoms with E-state index in [9.17, 15) is 4.79 Å². The Balaban J connectivity index is 1.21. The lowest BCUT2D eigenvalue weighted by Gasteiger charge is -2.43. The number of aromatic amines is 1. The van der Waals surface area contributed by atoms with E-state index in [0.29, 0.717) is 41.9 Å². The van der Waals surface area contributed by atoms with E-state index >= 15 is 0 Å². The molecule has 2 aliphatic rings. The number of aromatic nitrogens is 4. The van der Waals surface area contributed by atoms with Crippen molar-refractivity contribution in [3.05, 3.63) is 36.3 Å². The molecule has 5 rings (SSSR count). The number of likely N-dealkylation sites (tertiary alicyclic amines) is 1. The molecule has 1 amide bonds. The van der Waals surface area contributed by atoms with E-state index in [1.165, 1.54) is 19.3 Å². The predicted octanol–water partition coefficient (Wildman–Crippen LogP) is 2.80. The SMILES string of the molecule is C[C@@H]1CN(c2ccc(Nc3ncc4cc(C(=O)NCN5CCCCC5)[nH]c4n3)nc2)C[C@H](C)N1C. The molecule has 10 nitrogen and oxygen atoms in total. The largest absolute Gasteiger partial charge is 0.367 e. The van der Waals surface area contributed by atoms with Gasteiger partial charge in [0.05, 0.1) is 18.6 Å². The van der Waals surface area contributed by atoms with Gasteiger partial charge in [0.15, 0.2) is 0 Å². The standard InChI is InChI=1S/C25H35N9O/c1-17-14-34(15-18(2)32(17)3)20-7-8-22(26-13-20)30-25-27-12-19-11-21(29-23(19)31-25)24(35)28-16-33-9-5-4-6-10-33/h7-8,11-13,17-18H,4-6,9-10,14-16H2,1-3H3,(H,28,35)(H2,26,27,29,30,31)/t17-,18+. The summed E-state index contributed by atoms with van der Waals surface area (Å²) >= 11 is 0. The molecule has 3 aromatic heterocycles. The van der Waals surface area contributed by atoms with E-state index in [1.54, 1.807) is 12.3 Å². The molecule has 2 aliphatic heterocycles. The minimum atomic E-state index is -0.132. The molecular formula is C25H35N9O. The van der Waals surface area contributed by atoms with Crippen molar-refractivity contribution in [3.63, 3.8) is 0 Å². The second kappa shape index (κ2) is 10.2. The Morgan fingerprint density at radius 2 is 1.86 bits per heavy atom. The number of fused-ring (bicyclic) bond motifs is 1. The number of hydrogen-bond donors (Lipinski definition) is 3. The molecule has 3 aromatic rings. The van der Waals surface area contributed by atoms with E-state index in [2.05, 4.69) is 72.2 Å². The molecule has 0 spiro atoms. The number of amides is 1. The first kappa shape index (κ1) is 23.5. The van der Waals surface area contributed by atoms with E-state index in [0.717, 1.165) is 37.3 Å². The summed E-state index contributed by atoms with van der Waals surface area (Å²) in [5.41, 5.74) is 2.22. The van der Waals surface area contributed by atoms with Crippen molar-refractivity contribution in [2.45, 2.75) is 45.2 Å². The van der Waals surface area contributed by atoms with Gasteiger partial charge in [0.2, 0.25) is 5.95 Å². The van der Waals surface area contributed by atoms with Crippen molar-refractivity contribution in [2.24, 2.45) is 0 Å². The lowest BCUT2D eigenvalue weighted by Crippen LogP contribution is -2.55. The molecule has 2 saturated heterocycles. The molecule has 0 unspecified atom stereocenters. The van der Waals surface area contributed by atoms with Gasteiger partial charge in [-0.25, -0.2) is 9.97 Å². The number of rotatable bonds is 6. The lowest BCUT2D eigenvalue weighted by atomic mass is 10.1. The van der Waals surface area contributed by atoms with Crippen LogP contribution in [-0.4, -0.2) is 87.6 Å². The Labute approximate surface area is 206 Å². The number of nitrogens with zero attached hydrogens (tertiary/aromatic N) is 6. The first-order valence-corrected chi connectivity index (χ1v) is 12.5. The van der Waals surface area contributed by atoms with Crippen molar-refractivity contribution in [1.29, 1.82) is 0 Å². The van der Waals surface area contributed by atoms with Crippen LogP contribution in [0.2, 0.25) is 0 Å². The van der Waals surface area contributed by atoms with E-state index in [4.69, 9.17) is 0 Å². The van der Waals surface area contributed by atoms with Gasteiger partial charge in [-0.1, -0.05) is 6.42 Å². The summed E-state index contributed by atoms with van der Waals surface area (Å²) in [5.74, 6) is 0.976. The fourth-order valence-electron chi connectivity index (χ4n) is 4.87. The van der Waals surface area contributed by atoms with Crippen LogP contribution in [0.5, 0.6) is 0 Å². The first-order chi connectivity index (χ1) is 17.0. The Morgan fingerprint density at radius 3 is 2.57 bits per heavy atom. The molecule has 5 heterocycles. The van der Waals surface area contributed by atoms with Crippen molar-refractivity contribution < 1.29 is 4.79 Å². The maximum absolute atomic E-state index is 12.6. The van der Waals surface area contributed by atoms with Gasteiger partial charge < -0.3 is 20.5 Å². The molecular weight excluding hydrogens is 442 g/mol. The van der Waals surface area contributed by atoms with Gasteiger partial charge in [0, 0.05) is 36.8 Å². The summed E-state index contributed by atoms with van der Waals surface area (Å²) in [6.07, 6.45) is 7.27. The Kier molecular flexibility index (Phi) is 6.83. The molecule has 10 heteroatoms. The zero-order valence-corrected chi connectivity index (χ0v) is 20.8. The minimum absolute atomic E-state index is 0.132. The van der Waals surface area contributed by atoms with E-state index in [1.807, 2.05) is 12.3 Å². The third-order valence-electron chi connectivity index (χ3n) is 7.24. The van der Waals surface area contributed by atoms with Crippen LogP contribution in [0.15, 0.2) is 30.6 Å². The number of H-pyrrole nitrogens is 1. The lowest BCUT2D eigenvalue weighted by molar-refractivity contribution is 0.0910. The van der Waals surface area contributed by atoms with Crippen LogP contribution >= 0.6 is 0 Å². The van der Waals surface area contributed by atoms with Crippen LogP contribution in [0, 0.1) is 0 Å². The number of piperazine rings is 1. The van der Waals surface area contributed by atoms with E-state index < -0.39 is 0 Å². The molecule has 2 fully saturated rings. The number of nitrogens with one attached hydrogen (secondary N) is 3. The molecule has 35 heavy (non-hydrogen) atoms. The Bertz CT molecular complexity index is 1140. The van der Waals surface area contributed by atoms with Crippen LogP contribution in [-0.2, 0) is 0 Å². The van der Waals surface area contributed by atoms with Crippen LogP contribution < -0.4 is 15.5 Å². The van der Waals surface area contributed by atoms with Gasteiger partial charge in [-0.15, -0.1) is 0 Å². The van der Waals surface area contributed by atoms with Gasteiger partial charge in [0.25, 0.3) is 5.91 Å². The zero-order chi connectivity index (χ0) is 24.4. The van der Waals surface area contributed by atoms with Gasteiger partial charge in [-0.3, -0.25) is 14.6 Å². The minimum Gasteiger partial charge on any atom is -0.367 e. The van der Waals surface area contributed by atoms with Gasteiger partial charge in [-0.05, 0) is 65.0 Å². The van der Waals surface area contributed by atoms with Gasteiger partial charge in [-0.2, -0.15) is 4.98 Å². The van der Waals surface area contributed by atoms with Crippen LogP contribution in [0.25, 0.3) is 11.0 Å². The molecule has 0 aromatic carbocycles. The van der Waals surface area contributed by atoms with Crippen molar-refractivity contribution in [3.8, 4) is 0 Å². The number of carbonyl (C=O) groups is 1. The smallest absolute Gasteiger partial charge is 0.268 e. The van der Waals surface area contributed by atoms with Crippen molar-refractivity contribution >= 4 is 34.4 Å². The van der Waals surface area contributed by atoms with Crippen molar-refractivity contribution in [2.75, 3.05) is 50.1 Å². The molecule has 0 bridgehead atoms. The second-order valence-corrected chi connectivity index (χ2v) is 9.82. The number of carbonyl (C=O) groups excluding carboxylic acids is 1. The molecule has 186 valence electrons. The fourth-order valence-corrected chi connectivity index (χ4v) is 4.87. The highest BCUT2D eigenvalue weighted by atomic mass is 16.2. The second-order valence-electron chi connectivity index (χ2n) is 9.82. The summed E-state index contributed by atoms with van der Waals surface area (Å²) in [6, 6.07) is 6.81. The van der Waals surface area contributed by atoms with Gasteiger partial charge in [0.1, 0.15) is 17.2 Å². The topological polar surface area (TPSA) is 105 Å². The summed E-state index contributed by atoms with van der Waals surface area (Å²) in [5, 5.41) is 6.96. The number of pyridine rings is 1.